The van der Waals surface area contributed by atoms with Crippen LogP contribution in [-0.2, 0) is 11.3 Å². The molecule has 0 aliphatic rings. The molecule has 0 atom stereocenters. The third kappa shape index (κ3) is 4.74. The normalized spacial score (nSPS) is 10.8. The van der Waals surface area contributed by atoms with E-state index in [0.717, 1.165) is 28.2 Å². The summed E-state index contributed by atoms with van der Waals surface area (Å²) in [6.07, 6.45) is 0. The number of carbonyl (C=O) groups excluding carboxylic acids is 1. The molecule has 0 aliphatic heterocycles. The smallest absolute Gasteiger partial charge is 0.230 e. The minimum absolute atomic E-state index is 0.113. The first-order chi connectivity index (χ1) is 12.9. The summed E-state index contributed by atoms with van der Waals surface area (Å²) in [4.78, 5) is 12.2. The van der Waals surface area contributed by atoms with E-state index in [0.29, 0.717) is 11.7 Å². The average molecular weight is 384 g/mol. The minimum atomic E-state index is -0.290. The lowest BCUT2D eigenvalue weighted by Crippen LogP contribution is -2.24. The van der Waals surface area contributed by atoms with Gasteiger partial charge in [-0.15, -0.1) is 10.2 Å². The Kier molecular flexibility index (Phi) is 5.91. The highest BCUT2D eigenvalue weighted by molar-refractivity contribution is 7.99. The maximum Gasteiger partial charge on any atom is 0.230 e. The van der Waals surface area contributed by atoms with Gasteiger partial charge in [0.15, 0.2) is 5.16 Å². The van der Waals surface area contributed by atoms with Crippen molar-refractivity contribution in [3.63, 3.8) is 0 Å². The van der Waals surface area contributed by atoms with Crippen LogP contribution in [0.1, 0.15) is 22.5 Å². The molecule has 0 saturated carbocycles. The van der Waals surface area contributed by atoms with Crippen molar-refractivity contribution in [1.29, 1.82) is 0 Å². The molecular weight excluding hydrogens is 363 g/mol. The van der Waals surface area contributed by atoms with E-state index in [1.807, 2.05) is 25.3 Å². The number of halogens is 1. The van der Waals surface area contributed by atoms with Crippen LogP contribution < -0.4 is 5.32 Å². The van der Waals surface area contributed by atoms with Gasteiger partial charge in [-0.2, -0.15) is 0 Å². The molecule has 140 valence electrons. The summed E-state index contributed by atoms with van der Waals surface area (Å²) in [6, 6.07) is 12.3. The van der Waals surface area contributed by atoms with Gasteiger partial charge in [-0.1, -0.05) is 36.0 Å². The molecule has 5 nitrogen and oxygen atoms in total. The Morgan fingerprint density at radius 3 is 2.59 bits per heavy atom. The molecule has 1 heterocycles. The maximum atomic E-state index is 12.9. The van der Waals surface area contributed by atoms with Crippen LogP contribution in [0.4, 0.5) is 4.39 Å². The van der Waals surface area contributed by atoms with Crippen LogP contribution in [0.25, 0.3) is 5.69 Å². The van der Waals surface area contributed by atoms with Crippen molar-refractivity contribution in [2.75, 3.05) is 5.75 Å². The summed E-state index contributed by atoms with van der Waals surface area (Å²) >= 11 is 1.34. The fourth-order valence-electron chi connectivity index (χ4n) is 2.66. The van der Waals surface area contributed by atoms with Crippen molar-refractivity contribution in [1.82, 2.24) is 20.1 Å². The lowest BCUT2D eigenvalue weighted by atomic mass is 10.1. The highest BCUT2D eigenvalue weighted by Crippen LogP contribution is 2.24. The Morgan fingerprint density at radius 2 is 1.85 bits per heavy atom. The summed E-state index contributed by atoms with van der Waals surface area (Å²) in [6.45, 7) is 6.34. The van der Waals surface area contributed by atoms with E-state index in [1.165, 1.54) is 23.9 Å². The van der Waals surface area contributed by atoms with Crippen LogP contribution in [0.3, 0.4) is 0 Å². The zero-order valence-corrected chi connectivity index (χ0v) is 16.3. The summed E-state index contributed by atoms with van der Waals surface area (Å²) in [7, 11) is 0. The molecule has 1 amide bonds. The van der Waals surface area contributed by atoms with Crippen LogP contribution in [-0.4, -0.2) is 26.4 Å². The molecule has 0 saturated heterocycles. The number of benzene rings is 2. The number of rotatable bonds is 6. The number of thioether (sulfide) groups is 1. The zero-order chi connectivity index (χ0) is 19.4. The summed E-state index contributed by atoms with van der Waals surface area (Å²) in [5.74, 6) is 0.599. The van der Waals surface area contributed by atoms with Crippen molar-refractivity contribution in [2.45, 2.75) is 32.5 Å². The minimum Gasteiger partial charge on any atom is -0.351 e. The Balaban J connectivity index is 1.65. The third-order valence-corrected chi connectivity index (χ3v) is 5.06. The molecule has 0 fully saturated rings. The Morgan fingerprint density at radius 1 is 1.11 bits per heavy atom. The molecule has 0 spiro atoms. The average Bonchev–Trinajstić information content (AvgIpc) is 3.02. The second-order valence-corrected chi connectivity index (χ2v) is 7.29. The molecule has 1 aromatic heterocycles. The molecule has 1 N–H and O–H groups in total. The van der Waals surface area contributed by atoms with E-state index in [-0.39, 0.29) is 17.5 Å². The number of aryl methyl sites for hydroxylation is 3. The number of amides is 1. The number of hydrogen-bond acceptors (Lipinski definition) is 4. The fourth-order valence-corrected chi connectivity index (χ4v) is 3.48. The number of aromatic nitrogens is 3. The Bertz CT molecular complexity index is 953. The van der Waals surface area contributed by atoms with Gasteiger partial charge in [-0.25, -0.2) is 4.39 Å². The van der Waals surface area contributed by atoms with Gasteiger partial charge in [-0.05, 0) is 55.7 Å². The van der Waals surface area contributed by atoms with Crippen LogP contribution in [0.15, 0.2) is 47.6 Å². The topological polar surface area (TPSA) is 59.8 Å². The van der Waals surface area contributed by atoms with E-state index in [1.54, 1.807) is 12.1 Å². The molecule has 0 aliphatic carbocycles. The lowest BCUT2D eigenvalue weighted by Gasteiger charge is -2.12. The van der Waals surface area contributed by atoms with Gasteiger partial charge >= 0.3 is 0 Å². The van der Waals surface area contributed by atoms with E-state index in [2.05, 4.69) is 33.7 Å². The first kappa shape index (κ1) is 19.1. The molecule has 27 heavy (non-hydrogen) atoms. The number of hydrogen-bond donors (Lipinski definition) is 1. The fraction of sp³-hybridized carbons (Fsp3) is 0.250. The molecular formula is C20H21FN4OS. The molecule has 3 rings (SSSR count). The number of nitrogens with zero attached hydrogens (tertiary/aromatic N) is 3. The number of carbonyl (C=O) groups is 1. The first-order valence-corrected chi connectivity index (χ1v) is 9.56. The third-order valence-electron chi connectivity index (χ3n) is 4.14. The zero-order valence-electron chi connectivity index (χ0n) is 15.5. The van der Waals surface area contributed by atoms with Crippen LogP contribution >= 0.6 is 11.8 Å². The Hall–Kier alpha value is -2.67. The van der Waals surface area contributed by atoms with Gasteiger partial charge < -0.3 is 5.32 Å². The molecule has 2 aromatic carbocycles. The van der Waals surface area contributed by atoms with Crippen molar-refractivity contribution in [3.05, 3.63) is 70.8 Å². The quantitative estimate of drug-likeness (QED) is 0.658. The second kappa shape index (κ2) is 8.35. The highest BCUT2D eigenvalue weighted by Gasteiger charge is 2.15. The van der Waals surface area contributed by atoms with E-state index < -0.39 is 0 Å². The predicted octanol–water partition coefficient (Wildman–Crippen LogP) is 3.74. The van der Waals surface area contributed by atoms with Gasteiger partial charge in [0, 0.05) is 6.54 Å². The summed E-state index contributed by atoms with van der Waals surface area (Å²) < 4.78 is 14.9. The second-order valence-electron chi connectivity index (χ2n) is 6.35. The predicted molar refractivity (Wildman–Crippen MR) is 105 cm³/mol. The van der Waals surface area contributed by atoms with Crippen LogP contribution in [0.2, 0.25) is 0 Å². The van der Waals surface area contributed by atoms with Gasteiger partial charge in [0.05, 0.1) is 11.4 Å². The van der Waals surface area contributed by atoms with Crippen molar-refractivity contribution >= 4 is 17.7 Å². The number of nitrogens with one attached hydrogen (secondary N) is 1. The van der Waals surface area contributed by atoms with Crippen molar-refractivity contribution < 1.29 is 9.18 Å². The van der Waals surface area contributed by atoms with Crippen molar-refractivity contribution in [3.8, 4) is 5.69 Å². The Labute approximate surface area is 162 Å². The lowest BCUT2D eigenvalue weighted by molar-refractivity contribution is -0.118. The molecule has 0 unspecified atom stereocenters. The van der Waals surface area contributed by atoms with Gasteiger partial charge in [0.25, 0.3) is 0 Å². The first-order valence-electron chi connectivity index (χ1n) is 8.57. The van der Waals surface area contributed by atoms with Crippen LogP contribution in [0, 0.1) is 26.6 Å². The van der Waals surface area contributed by atoms with E-state index in [9.17, 15) is 9.18 Å². The largest absolute Gasteiger partial charge is 0.351 e. The summed E-state index contributed by atoms with van der Waals surface area (Å²) in [5.41, 5.74) is 4.14. The van der Waals surface area contributed by atoms with Gasteiger partial charge in [0.2, 0.25) is 5.91 Å². The van der Waals surface area contributed by atoms with Gasteiger partial charge in [0.1, 0.15) is 11.6 Å². The molecule has 7 heteroatoms. The van der Waals surface area contributed by atoms with Crippen molar-refractivity contribution in [2.24, 2.45) is 0 Å². The molecule has 0 bridgehead atoms. The molecule has 0 radical (unpaired) electrons. The monoisotopic (exact) mass is 384 g/mol. The standard InChI is InChI=1S/C20H21FN4OS/c1-13-4-5-14(2)18(10-13)25-15(3)23-24-20(25)27-12-19(26)22-11-16-6-8-17(21)9-7-16/h4-10H,11-12H2,1-3H3,(H,22,26). The SMILES string of the molecule is Cc1ccc(C)c(-n2c(C)nnc2SCC(=O)NCc2ccc(F)cc2)c1. The summed E-state index contributed by atoms with van der Waals surface area (Å²) in [5, 5.41) is 11.9. The van der Waals surface area contributed by atoms with E-state index in [4.69, 9.17) is 0 Å². The maximum absolute atomic E-state index is 12.9. The van der Waals surface area contributed by atoms with E-state index >= 15 is 0 Å². The van der Waals surface area contributed by atoms with Crippen LogP contribution in [0.5, 0.6) is 0 Å². The molecule has 3 aromatic rings. The van der Waals surface area contributed by atoms with Gasteiger partial charge in [-0.3, -0.25) is 9.36 Å². The highest BCUT2D eigenvalue weighted by atomic mass is 32.2.